The van der Waals surface area contributed by atoms with Crippen molar-refractivity contribution in [1.82, 2.24) is 26.1 Å². The van der Waals surface area contributed by atoms with Gasteiger partial charge in [-0.2, -0.15) is 5.48 Å². The molecule has 11 heteroatoms. The van der Waals surface area contributed by atoms with E-state index in [1.54, 1.807) is 4.90 Å². The summed E-state index contributed by atoms with van der Waals surface area (Å²) in [6.45, 7) is 8.10. The number of fused-ring (bicyclic) bond motifs is 1. The molecule has 0 spiro atoms. The van der Waals surface area contributed by atoms with Crippen LogP contribution in [0.1, 0.15) is 52.9 Å². The number of carbonyl (C=O) groups is 2. The molecule has 1 amide bonds. The summed E-state index contributed by atoms with van der Waals surface area (Å²) in [6.07, 6.45) is 3.43. The second kappa shape index (κ2) is 10.6. The van der Waals surface area contributed by atoms with E-state index in [0.29, 0.717) is 30.8 Å². The minimum Gasteiger partial charge on any atom is -0.467 e. The fourth-order valence-corrected chi connectivity index (χ4v) is 5.68. The van der Waals surface area contributed by atoms with Crippen molar-refractivity contribution < 1.29 is 29.0 Å². The van der Waals surface area contributed by atoms with Crippen molar-refractivity contribution in [3.63, 3.8) is 0 Å². The van der Waals surface area contributed by atoms with E-state index < -0.39 is 17.7 Å². The van der Waals surface area contributed by atoms with Gasteiger partial charge in [0.2, 0.25) is 0 Å². The first-order valence-electron chi connectivity index (χ1n) is 12.6. The fourth-order valence-electron chi connectivity index (χ4n) is 5.68. The van der Waals surface area contributed by atoms with Gasteiger partial charge in [0.15, 0.2) is 6.10 Å². The Morgan fingerprint density at radius 3 is 2.50 bits per heavy atom. The number of methoxy groups -OCH3 is 1. The molecule has 3 saturated heterocycles. The van der Waals surface area contributed by atoms with E-state index in [2.05, 4.69) is 21.0 Å². The van der Waals surface area contributed by atoms with Crippen LogP contribution in [0.2, 0.25) is 0 Å². The van der Waals surface area contributed by atoms with Crippen LogP contribution in [-0.2, 0) is 19.1 Å². The van der Waals surface area contributed by atoms with E-state index in [0.717, 1.165) is 38.6 Å². The molecule has 1 saturated carbocycles. The van der Waals surface area contributed by atoms with E-state index >= 15 is 0 Å². The molecule has 0 bridgehead atoms. The zero-order chi connectivity index (χ0) is 24.5. The first kappa shape index (κ1) is 25.6. The maximum atomic E-state index is 12.3. The van der Waals surface area contributed by atoms with Crippen LogP contribution in [-0.4, -0.2) is 90.5 Å². The van der Waals surface area contributed by atoms with Crippen molar-refractivity contribution in [2.45, 2.75) is 83.0 Å². The van der Waals surface area contributed by atoms with Crippen LogP contribution >= 0.6 is 0 Å². The number of esters is 1. The molecule has 0 radical (unpaired) electrons. The maximum absolute atomic E-state index is 12.3. The van der Waals surface area contributed by atoms with Crippen LogP contribution in [0.3, 0.4) is 0 Å². The van der Waals surface area contributed by atoms with Gasteiger partial charge in [0.25, 0.3) is 0 Å². The Labute approximate surface area is 201 Å². The molecule has 4 aliphatic rings. The Balaban J connectivity index is 1.25. The second-order valence-corrected chi connectivity index (χ2v) is 11.1. The molecule has 194 valence electrons. The van der Waals surface area contributed by atoms with E-state index in [-0.39, 0.29) is 31.1 Å². The van der Waals surface area contributed by atoms with Crippen LogP contribution in [0.25, 0.3) is 0 Å². The van der Waals surface area contributed by atoms with Gasteiger partial charge in [0, 0.05) is 31.6 Å². The van der Waals surface area contributed by atoms with Crippen LogP contribution in [0.5, 0.6) is 0 Å². The zero-order valence-electron chi connectivity index (χ0n) is 20.8. The molecule has 0 aromatic heterocycles. The van der Waals surface area contributed by atoms with Gasteiger partial charge >= 0.3 is 12.1 Å². The lowest BCUT2D eigenvalue weighted by atomic mass is 9.78. The van der Waals surface area contributed by atoms with E-state index in [1.807, 2.05) is 25.8 Å². The number of β-amino-alcohol motifs (C(OH)–C–C–N with tert-alkyl or cyclic N) is 1. The summed E-state index contributed by atoms with van der Waals surface area (Å²) in [4.78, 5) is 31.8. The molecule has 3 heterocycles. The number of nitrogens with one attached hydrogen (secondary N) is 3. The van der Waals surface area contributed by atoms with Crippen LogP contribution < -0.4 is 16.2 Å². The van der Waals surface area contributed by atoms with Gasteiger partial charge in [-0.3, -0.25) is 15.6 Å². The standard InChI is InChI=1S/C23H41N5O6/c1-23(2,3)33-22(31)27-9-7-14(8-10-27)19-25-20(34-26-19)15-5-6-16-12-24-28(17(16)11-15)13-18(29)21(30)32-4/h14-20,24-26,29H,5-13H2,1-4H3. The lowest BCUT2D eigenvalue weighted by molar-refractivity contribution is -0.152. The van der Waals surface area contributed by atoms with Crippen molar-refractivity contribution in [2.24, 2.45) is 17.8 Å². The topological polar surface area (TPSA) is 125 Å². The van der Waals surface area contributed by atoms with Gasteiger partial charge in [0.1, 0.15) is 11.8 Å². The molecule has 6 unspecified atom stereocenters. The first-order valence-corrected chi connectivity index (χ1v) is 12.6. The number of amides is 1. The smallest absolute Gasteiger partial charge is 0.410 e. The molecule has 0 aromatic carbocycles. The number of hydroxylamine groups is 1. The number of aliphatic hydroxyl groups is 1. The number of carbonyl (C=O) groups excluding carboxylic acids is 2. The SMILES string of the molecule is COC(=O)C(O)CN1NCC2CCC(C3NC(C4CCN(C(=O)OC(C)(C)C)CC4)NO3)CC21. The van der Waals surface area contributed by atoms with Gasteiger partial charge in [-0.25, -0.2) is 14.6 Å². The van der Waals surface area contributed by atoms with Crippen molar-refractivity contribution >= 4 is 12.1 Å². The molecule has 4 fully saturated rings. The number of aliphatic hydroxyl groups excluding tert-OH is 1. The molecule has 0 aromatic rings. The van der Waals surface area contributed by atoms with Gasteiger partial charge in [0.05, 0.1) is 19.8 Å². The molecule has 34 heavy (non-hydrogen) atoms. The zero-order valence-corrected chi connectivity index (χ0v) is 20.8. The van der Waals surface area contributed by atoms with Gasteiger partial charge < -0.3 is 19.5 Å². The molecule has 4 N–H and O–H groups in total. The predicted octanol–water partition coefficient (Wildman–Crippen LogP) is 0.549. The van der Waals surface area contributed by atoms with Gasteiger partial charge in [-0.15, -0.1) is 0 Å². The van der Waals surface area contributed by atoms with Crippen LogP contribution in [0.15, 0.2) is 0 Å². The summed E-state index contributed by atoms with van der Waals surface area (Å²) >= 11 is 0. The van der Waals surface area contributed by atoms with Crippen LogP contribution in [0, 0.1) is 17.8 Å². The van der Waals surface area contributed by atoms with Gasteiger partial charge in [-0.05, 0) is 64.7 Å². The van der Waals surface area contributed by atoms with Crippen molar-refractivity contribution in [3.8, 4) is 0 Å². The summed E-state index contributed by atoms with van der Waals surface area (Å²) < 4.78 is 10.2. The number of hydrogen-bond acceptors (Lipinski definition) is 10. The molecule has 11 nitrogen and oxygen atoms in total. The minimum absolute atomic E-state index is 0.0578. The number of nitrogens with zero attached hydrogens (tertiary/aromatic N) is 2. The Hall–Kier alpha value is -1.50. The van der Waals surface area contributed by atoms with Crippen molar-refractivity contribution in [2.75, 3.05) is 33.3 Å². The molecule has 4 rings (SSSR count). The lowest BCUT2D eigenvalue weighted by Gasteiger charge is -2.37. The van der Waals surface area contributed by atoms with Crippen LogP contribution in [0.4, 0.5) is 4.79 Å². The highest BCUT2D eigenvalue weighted by molar-refractivity contribution is 5.74. The summed E-state index contributed by atoms with van der Waals surface area (Å²) in [5.41, 5.74) is 6.08. The van der Waals surface area contributed by atoms with E-state index in [4.69, 9.17) is 9.57 Å². The third-order valence-electron chi connectivity index (χ3n) is 7.55. The predicted molar refractivity (Wildman–Crippen MR) is 123 cm³/mol. The Kier molecular flexibility index (Phi) is 8.00. The monoisotopic (exact) mass is 483 g/mol. The summed E-state index contributed by atoms with van der Waals surface area (Å²) in [6, 6.07) is 0.250. The lowest BCUT2D eigenvalue weighted by Crippen LogP contribution is -2.50. The van der Waals surface area contributed by atoms with E-state index in [1.165, 1.54) is 7.11 Å². The number of likely N-dealkylation sites (tertiary alicyclic amines) is 1. The highest BCUT2D eigenvalue weighted by Gasteiger charge is 2.45. The number of piperidine rings is 1. The fraction of sp³-hybridized carbons (Fsp3) is 0.913. The first-order chi connectivity index (χ1) is 16.1. The number of ether oxygens (including phenoxy) is 2. The second-order valence-electron chi connectivity index (χ2n) is 11.1. The Morgan fingerprint density at radius 2 is 1.82 bits per heavy atom. The molecule has 1 aliphatic carbocycles. The summed E-state index contributed by atoms with van der Waals surface area (Å²) in [5, 5.41) is 15.7. The third-order valence-corrected chi connectivity index (χ3v) is 7.55. The third kappa shape index (κ3) is 6.00. The largest absolute Gasteiger partial charge is 0.467 e. The Bertz CT molecular complexity index is 725. The minimum atomic E-state index is -1.16. The summed E-state index contributed by atoms with van der Waals surface area (Å²) in [7, 11) is 1.29. The average Bonchev–Trinajstić information content (AvgIpc) is 3.45. The summed E-state index contributed by atoms with van der Waals surface area (Å²) in [5.74, 6) is 0.602. The normalized spacial score (nSPS) is 34.0. The Morgan fingerprint density at radius 1 is 1.12 bits per heavy atom. The molecular weight excluding hydrogens is 442 g/mol. The maximum Gasteiger partial charge on any atom is 0.410 e. The number of hydrogen-bond donors (Lipinski definition) is 4. The number of rotatable bonds is 5. The number of hydrazine groups is 1. The quantitative estimate of drug-likeness (QED) is 0.412. The highest BCUT2D eigenvalue weighted by Crippen LogP contribution is 2.37. The highest BCUT2D eigenvalue weighted by atomic mass is 16.7. The van der Waals surface area contributed by atoms with E-state index in [9.17, 15) is 14.7 Å². The van der Waals surface area contributed by atoms with Crippen molar-refractivity contribution in [3.05, 3.63) is 0 Å². The average molecular weight is 484 g/mol. The molecule has 6 atom stereocenters. The van der Waals surface area contributed by atoms with Gasteiger partial charge in [-0.1, -0.05) is 0 Å². The molecule has 3 aliphatic heterocycles. The van der Waals surface area contributed by atoms with Crippen molar-refractivity contribution in [1.29, 1.82) is 0 Å². The molecular formula is C23H41N5O6.